The molecule has 1 N–H and O–H groups in total. The molecule has 1 unspecified atom stereocenters. The Labute approximate surface area is 122 Å². The first-order chi connectivity index (χ1) is 9.11. The molecule has 0 amide bonds. The molecule has 0 spiro atoms. The lowest BCUT2D eigenvalue weighted by molar-refractivity contribution is 0.423. The maximum Gasteiger partial charge on any atom is 0.249 e. The fourth-order valence-electron chi connectivity index (χ4n) is 1.63. The fourth-order valence-corrected chi connectivity index (χ4v) is 2.12. The zero-order valence-corrected chi connectivity index (χ0v) is 12.3. The van der Waals surface area contributed by atoms with E-state index in [0.29, 0.717) is 27.4 Å². The zero-order chi connectivity index (χ0) is 13.8. The number of hydrogen-bond acceptors (Lipinski definition) is 4. The minimum absolute atomic E-state index is 0.0206. The summed E-state index contributed by atoms with van der Waals surface area (Å²) in [6.45, 7) is 4.99. The van der Waals surface area contributed by atoms with E-state index in [4.69, 9.17) is 27.6 Å². The van der Waals surface area contributed by atoms with Crippen LogP contribution in [0.1, 0.15) is 32.2 Å². The topological polar surface area (TPSA) is 51.0 Å². The fraction of sp³-hybridized carbons (Fsp3) is 0.385. The summed E-state index contributed by atoms with van der Waals surface area (Å²) in [5.74, 6) is 0.955. The van der Waals surface area contributed by atoms with E-state index in [1.165, 1.54) is 0 Å². The van der Waals surface area contributed by atoms with Gasteiger partial charge in [-0.15, -0.1) is 10.2 Å². The second-order valence-corrected chi connectivity index (χ2v) is 5.09. The molecule has 6 heteroatoms. The largest absolute Gasteiger partial charge is 0.419 e. The molecule has 19 heavy (non-hydrogen) atoms. The highest BCUT2D eigenvalue weighted by Crippen LogP contribution is 2.30. The third-order valence-electron chi connectivity index (χ3n) is 2.67. The summed E-state index contributed by atoms with van der Waals surface area (Å²) < 4.78 is 5.64. The van der Waals surface area contributed by atoms with Crippen molar-refractivity contribution in [2.24, 2.45) is 0 Å². The van der Waals surface area contributed by atoms with Gasteiger partial charge in [-0.05, 0) is 38.1 Å². The minimum Gasteiger partial charge on any atom is -0.419 e. The van der Waals surface area contributed by atoms with Crippen molar-refractivity contribution in [1.29, 1.82) is 0 Å². The number of aromatic nitrogens is 2. The van der Waals surface area contributed by atoms with E-state index < -0.39 is 0 Å². The van der Waals surface area contributed by atoms with Crippen LogP contribution in [0.4, 0.5) is 0 Å². The van der Waals surface area contributed by atoms with Crippen molar-refractivity contribution in [3.8, 4) is 11.5 Å². The van der Waals surface area contributed by atoms with Crippen molar-refractivity contribution in [3.63, 3.8) is 0 Å². The van der Waals surface area contributed by atoms with Crippen molar-refractivity contribution < 1.29 is 4.42 Å². The second-order valence-electron chi connectivity index (χ2n) is 4.25. The highest BCUT2D eigenvalue weighted by atomic mass is 35.5. The minimum atomic E-state index is 0.0206. The number of halogens is 2. The monoisotopic (exact) mass is 299 g/mol. The standard InChI is InChI=1S/C13H15Cl2N3O/c1-3-6-16-8(2)12-17-18-13(19-12)10-5-4-9(14)7-11(10)15/h4-5,7-8,16H,3,6H2,1-2H3. The van der Waals surface area contributed by atoms with Gasteiger partial charge >= 0.3 is 0 Å². The number of hydrogen-bond donors (Lipinski definition) is 1. The normalized spacial score (nSPS) is 12.6. The molecular weight excluding hydrogens is 285 g/mol. The Morgan fingerprint density at radius 2 is 2.11 bits per heavy atom. The molecule has 1 atom stereocenters. The lowest BCUT2D eigenvalue weighted by atomic mass is 10.2. The van der Waals surface area contributed by atoms with Crippen molar-refractivity contribution in [2.45, 2.75) is 26.3 Å². The van der Waals surface area contributed by atoms with Crippen molar-refractivity contribution >= 4 is 23.2 Å². The summed E-state index contributed by atoms with van der Waals surface area (Å²) in [4.78, 5) is 0. The quantitative estimate of drug-likeness (QED) is 0.903. The summed E-state index contributed by atoms with van der Waals surface area (Å²) in [5, 5.41) is 12.4. The maximum atomic E-state index is 6.11. The van der Waals surface area contributed by atoms with Gasteiger partial charge in [0.15, 0.2) is 0 Å². The molecule has 1 aromatic carbocycles. The van der Waals surface area contributed by atoms with Gasteiger partial charge in [-0.2, -0.15) is 0 Å². The Kier molecular flexibility index (Phi) is 4.80. The molecule has 102 valence electrons. The van der Waals surface area contributed by atoms with E-state index in [2.05, 4.69) is 22.4 Å². The molecule has 0 aliphatic carbocycles. The van der Waals surface area contributed by atoms with Crippen LogP contribution >= 0.6 is 23.2 Å². The molecule has 2 aromatic rings. The third kappa shape index (κ3) is 3.47. The first kappa shape index (κ1) is 14.3. The van der Waals surface area contributed by atoms with Crippen LogP contribution in [0.15, 0.2) is 22.6 Å². The number of nitrogens with one attached hydrogen (secondary N) is 1. The zero-order valence-electron chi connectivity index (χ0n) is 10.8. The van der Waals surface area contributed by atoms with E-state index in [1.54, 1.807) is 18.2 Å². The highest BCUT2D eigenvalue weighted by molar-refractivity contribution is 6.36. The Morgan fingerprint density at radius 3 is 2.79 bits per heavy atom. The van der Waals surface area contributed by atoms with Crippen LogP contribution in [0.5, 0.6) is 0 Å². The van der Waals surface area contributed by atoms with Crippen molar-refractivity contribution in [1.82, 2.24) is 15.5 Å². The SMILES string of the molecule is CCCNC(C)c1nnc(-c2ccc(Cl)cc2Cl)o1. The van der Waals surface area contributed by atoms with E-state index in [1.807, 2.05) is 6.92 Å². The van der Waals surface area contributed by atoms with Gasteiger partial charge in [-0.3, -0.25) is 0 Å². The average molecular weight is 300 g/mol. The molecule has 2 rings (SSSR count). The van der Waals surface area contributed by atoms with Crippen LogP contribution in [0.2, 0.25) is 10.0 Å². The summed E-state index contributed by atoms with van der Waals surface area (Å²) >= 11 is 12.0. The average Bonchev–Trinajstić information content (AvgIpc) is 2.85. The second kappa shape index (κ2) is 6.37. The third-order valence-corrected chi connectivity index (χ3v) is 3.22. The van der Waals surface area contributed by atoms with E-state index in [0.717, 1.165) is 13.0 Å². The van der Waals surface area contributed by atoms with Gasteiger partial charge in [-0.25, -0.2) is 0 Å². The van der Waals surface area contributed by atoms with Gasteiger partial charge in [0.05, 0.1) is 16.6 Å². The van der Waals surface area contributed by atoms with Crippen LogP contribution in [-0.4, -0.2) is 16.7 Å². The molecule has 1 aromatic heterocycles. The number of rotatable bonds is 5. The van der Waals surface area contributed by atoms with Crippen LogP contribution in [0.3, 0.4) is 0 Å². The van der Waals surface area contributed by atoms with E-state index in [-0.39, 0.29) is 6.04 Å². The molecule has 0 bridgehead atoms. The van der Waals surface area contributed by atoms with Crippen LogP contribution < -0.4 is 5.32 Å². The Morgan fingerprint density at radius 1 is 1.32 bits per heavy atom. The molecule has 1 heterocycles. The molecule has 4 nitrogen and oxygen atoms in total. The molecule has 0 fully saturated rings. The summed E-state index contributed by atoms with van der Waals surface area (Å²) in [6.07, 6.45) is 1.05. The first-order valence-corrected chi connectivity index (χ1v) is 6.89. The van der Waals surface area contributed by atoms with Gasteiger partial charge in [0.25, 0.3) is 0 Å². The molecule has 0 radical (unpaired) electrons. The molecule has 0 saturated heterocycles. The Balaban J connectivity index is 2.20. The van der Waals surface area contributed by atoms with Gasteiger partial charge < -0.3 is 9.73 Å². The summed E-state index contributed by atoms with van der Waals surface area (Å²) in [6, 6.07) is 5.19. The predicted octanol–water partition coefficient (Wildman–Crippen LogP) is 4.10. The van der Waals surface area contributed by atoms with Gasteiger partial charge in [0.2, 0.25) is 11.8 Å². The molecule has 0 aliphatic heterocycles. The predicted molar refractivity (Wildman–Crippen MR) is 76.5 cm³/mol. The number of nitrogens with zero attached hydrogens (tertiary/aromatic N) is 2. The van der Waals surface area contributed by atoms with Crippen molar-refractivity contribution in [3.05, 3.63) is 34.1 Å². The van der Waals surface area contributed by atoms with Gasteiger partial charge in [0.1, 0.15) is 0 Å². The molecular formula is C13H15Cl2N3O. The van der Waals surface area contributed by atoms with E-state index in [9.17, 15) is 0 Å². The Hall–Kier alpha value is -1.10. The highest BCUT2D eigenvalue weighted by Gasteiger charge is 2.16. The lowest BCUT2D eigenvalue weighted by Crippen LogP contribution is -2.19. The smallest absolute Gasteiger partial charge is 0.249 e. The van der Waals surface area contributed by atoms with Crippen LogP contribution in [0.25, 0.3) is 11.5 Å². The maximum absolute atomic E-state index is 6.11. The van der Waals surface area contributed by atoms with Crippen LogP contribution in [-0.2, 0) is 0 Å². The Bertz CT molecular complexity index is 557. The van der Waals surface area contributed by atoms with Crippen LogP contribution in [0, 0.1) is 0 Å². The summed E-state index contributed by atoms with van der Waals surface area (Å²) in [5.41, 5.74) is 0.688. The summed E-state index contributed by atoms with van der Waals surface area (Å²) in [7, 11) is 0. The molecule has 0 aliphatic rings. The lowest BCUT2D eigenvalue weighted by Gasteiger charge is -2.07. The number of benzene rings is 1. The van der Waals surface area contributed by atoms with Gasteiger partial charge in [-0.1, -0.05) is 30.1 Å². The molecule has 0 saturated carbocycles. The van der Waals surface area contributed by atoms with E-state index >= 15 is 0 Å². The van der Waals surface area contributed by atoms with Gasteiger partial charge in [0, 0.05) is 5.02 Å². The van der Waals surface area contributed by atoms with Crippen molar-refractivity contribution in [2.75, 3.05) is 6.54 Å². The first-order valence-electron chi connectivity index (χ1n) is 6.14.